The van der Waals surface area contributed by atoms with Crippen LogP contribution < -0.4 is 4.74 Å². The molecule has 0 heterocycles. The summed E-state index contributed by atoms with van der Waals surface area (Å²) in [5.74, 6) is -1.53. The minimum atomic E-state index is -0.886. The molecule has 2 aromatic carbocycles. The van der Waals surface area contributed by atoms with E-state index in [4.69, 9.17) is 4.74 Å². The Balaban J connectivity index is 1.80. The molecule has 2 aliphatic rings. The first-order chi connectivity index (χ1) is 14.9. The average Bonchev–Trinajstić information content (AvgIpc) is 3.50. The molecule has 5 heteroatoms. The van der Waals surface area contributed by atoms with Gasteiger partial charge in [-0.15, -0.1) is 0 Å². The van der Waals surface area contributed by atoms with Gasteiger partial charge in [0.2, 0.25) is 0 Å². The molecule has 3 unspecified atom stereocenters. The first-order valence-corrected chi connectivity index (χ1v) is 10.7. The summed E-state index contributed by atoms with van der Waals surface area (Å²) in [5, 5.41) is 10.3. The lowest BCUT2D eigenvalue weighted by molar-refractivity contribution is -0.138. The number of aliphatic carboxylic acids is 1. The summed E-state index contributed by atoms with van der Waals surface area (Å²) in [6, 6.07) is 11.9. The summed E-state index contributed by atoms with van der Waals surface area (Å²) in [6.45, 7) is 1.92. The number of aryl methyl sites for hydroxylation is 1. The van der Waals surface area contributed by atoms with Crippen molar-refractivity contribution in [3.63, 3.8) is 0 Å². The molecule has 0 aliphatic heterocycles. The Kier molecular flexibility index (Phi) is 5.94. The standard InChI is InChI=1S/C26H27FO4/c1-15-6-9-21(31-2)13-22(15)25(26(29)30)24(16-7-8-16)18-10-19(14-28)23(12-18)17-4-3-5-20(27)11-17/h3-6,9,11,13-14,16,19,23,25H,7-8,10,12H2,1-2H3,(H,29,30)/b24-18-. The van der Waals surface area contributed by atoms with Gasteiger partial charge in [0, 0.05) is 5.92 Å². The van der Waals surface area contributed by atoms with Crippen molar-refractivity contribution in [2.75, 3.05) is 7.11 Å². The molecule has 31 heavy (non-hydrogen) atoms. The number of hydrogen-bond acceptors (Lipinski definition) is 3. The van der Waals surface area contributed by atoms with Crippen molar-refractivity contribution >= 4 is 12.3 Å². The quantitative estimate of drug-likeness (QED) is 0.479. The van der Waals surface area contributed by atoms with E-state index in [0.29, 0.717) is 18.6 Å². The lowest BCUT2D eigenvalue weighted by Gasteiger charge is -2.22. The average molecular weight is 422 g/mol. The van der Waals surface area contributed by atoms with Crippen LogP contribution in [0.5, 0.6) is 5.75 Å². The van der Waals surface area contributed by atoms with E-state index in [9.17, 15) is 19.1 Å². The van der Waals surface area contributed by atoms with E-state index >= 15 is 0 Å². The molecule has 3 atom stereocenters. The Morgan fingerprint density at radius 1 is 1.19 bits per heavy atom. The van der Waals surface area contributed by atoms with Crippen molar-refractivity contribution in [1.82, 2.24) is 0 Å². The molecule has 162 valence electrons. The number of carboxylic acids is 1. The highest BCUT2D eigenvalue weighted by atomic mass is 19.1. The van der Waals surface area contributed by atoms with Gasteiger partial charge < -0.3 is 14.6 Å². The first kappa shape index (κ1) is 21.3. The number of halogens is 1. The van der Waals surface area contributed by atoms with Gasteiger partial charge >= 0.3 is 5.97 Å². The molecule has 0 aromatic heterocycles. The SMILES string of the molecule is COc1ccc(C)c(C(C(=O)O)/C(=C2/CC(C=O)C(c3cccc(F)c3)C2)C2CC2)c1. The second-order valence-electron chi connectivity index (χ2n) is 8.70. The molecule has 4 rings (SSSR count). The van der Waals surface area contributed by atoms with Gasteiger partial charge in [-0.25, -0.2) is 4.39 Å². The van der Waals surface area contributed by atoms with Crippen LogP contribution in [0.1, 0.15) is 54.2 Å². The number of hydrogen-bond donors (Lipinski definition) is 1. The molecular formula is C26H27FO4. The molecule has 0 radical (unpaired) electrons. The van der Waals surface area contributed by atoms with Crippen molar-refractivity contribution in [2.24, 2.45) is 11.8 Å². The highest BCUT2D eigenvalue weighted by molar-refractivity contribution is 5.82. The van der Waals surface area contributed by atoms with E-state index in [1.807, 2.05) is 31.2 Å². The van der Waals surface area contributed by atoms with E-state index in [-0.39, 0.29) is 23.6 Å². The molecule has 2 aromatic rings. The predicted octanol–water partition coefficient (Wildman–Crippen LogP) is 5.41. The number of rotatable bonds is 7. The summed E-state index contributed by atoms with van der Waals surface area (Å²) < 4.78 is 19.2. The zero-order valence-corrected chi connectivity index (χ0v) is 17.8. The number of ether oxygens (including phenoxy) is 1. The van der Waals surface area contributed by atoms with E-state index in [1.165, 1.54) is 12.1 Å². The maximum atomic E-state index is 13.8. The van der Waals surface area contributed by atoms with Crippen molar-refractivity contribution in [1.29, 1.82) is 0 Å². The third-order valence-corrected chi connectivity index (χ3v) is 6.70. The summed E-state index contributed by atoms with van der Waals surface area (Å²) in [5.41, 5.74) is 4.42. The van der Waals surface area contributed by atoms with Crippen LogP contribution in [0.15, 0.2) is 53.6 Å². The van der Waals surface area contributed by atoms with Gasteiger partial charge in [-0.1, -0.05) is 23.8 Å². The van der Waals surface area contributed by atoms with Crippen molar-refractivity contribution in [3.8, 4) is 5.75 Å². The van der Waals surface area contributed by atoms with Crippen LogP contribution in [-0.4, -0.2) is 24.5 Å². The normalized spacial score (nSPS) is 23.3. The fourth-order valence-corrected chi connectivity index (χ4v) is 5.02. The third-order valence-electron chi connectivity index (χ3n) is 6.70. The molecule has 2 aliphatic carbocycles. The Morgan fingerprint density at radius 3 is 2.58 bits per heavy atom. The van der Waals surface area contributed by atoms with Crippen LogP contribution in [0, 0.1) is 24.6 Å². The number of methoxy groups -OCH3 is 1. The zero-order valence-electron chi connectivity index (χ0n) is 17.8. The molecule has 0 spiro atoms. The van der Waals surface area contributed by atoms with Gasteiger partial charge in [-0.3, -0.25) is 4.79 Å². The summed E-state index contributed by atoms with van der Waals surface area (Å²) in [7, 11) is 1.57. The number of allylic oxidation sites excluding steroid dienone is 1. The monoisotopic (exact) mass is 422 g/mol. The fraction of sp³-hybridized carbons (Fsp3) is 0.385. The Labute approximate surface area is 181 Å². The lowest BCUT2D eigenvalue weighted by atomic mass is 9.82. The lowest BCUT2D eigenvalue weighted by Crippen LogP contribution is -2.18. The highest BCUT2D eigenvalue weighted by Gasteiger charge is 2.42. The van der Waals surface area contributed by atoms with Gasteiger partial charge in [-0.2, -0.15) is 0 Å². The van der Waals surface area contributed by atoms with Crippen LogP contribution in [0.25, 0.3) is 0 Å². The number of carboxylic acid groups (broad SMARTS) is 1. The smallest absolute Gasteiger partial charge is 0.315 e. The topological polar surface area (TPSA) is 63.6 Å². The van der Waals surface area contributed by atoms with Crippen LogP contribution in [0.4, 0.5) is 4.39 Å². The maximum absolute atomic E-state index is 13.8. The molecule has 0 bridgehead atoms. The number of benzene rings is 2. The van der Waals surface area contributed by atoms with Crippen LogP contribution >= 0.6 is 0 Å². The van der Waals surface area contributed by atoms with Gasteiger partial charge in [0.15, 0.2) is 0 Å². The van der Waals surface area contributed by atoms with Gasteiger partial charge in [0.05, 0.1) is 7.11 Å². The number of aldehydes is 1. The minimum Gasteiger partial charge on any atom is -0.497 e. The second-order valence-corrected chi connectivity index (χ2v) is 8.70. The van der Waals surface area contributed by atoms with Crippen LogP contribution in [-0.2, 0) is 9.59 Å². The van der Waals surface area contributed by atoms with E-state index in [1.54, 1.807) is 13.2 Å². The Hall–Kier alpha value is -2.95. The zero-order chi connectivity index (χ0) is 22.1. The van der Waals surface area contributed by atoms with Gasteiger partial charge in [0.25, 0.3) is 0 Å². The molecule has 2 saturated carbocycles. The Morgan fingerprint density at radius 2 is 1.97 bits per heavy atom. The molecular weight excluding hydrogens is 395 g/mol. The van der Waals surface area contributed by atoms with E-state index < -0.39 is 11.9 Å². The van der Waals surface area contributed by atoms with E-state index in [2.05, 4.69) is 0 Å². The van der Waals surface area contributed by atoms with Gasteiger partial charge in [-0.05, 0) is 91.0 Å². The Bertz CT molecular complexity index is 1040. The van der Waals surface area contributed by atoms with Crippen molar-refractivity contribution in [3.05, 3.63) is 76.1 Å². The molecule has 0 amide bonds. The first-order valence-electron chi connectivity index (χ1n) is 10.7. The van der Waals surface area contributed by atoms with Gasteiger partial charge in [0.1, 0.15) is 23.8 Å². The summed E-state index contributed by atoms with van der Waals surface area (Å²) in [4.78, 5) is 24.4. The van der Waals surface area contributed by atoms with Crippen LogP contribution in [0.3, 0.4) is 0 Å². The predicted molar refractivity (Wildman–Crippen MR) is 116 cm³/mol. The minimum absolute atomic E-state index is 0.127. The second kappa shape index (κ2) is 8.66. The van der Waals surface area contributed by atoms with Crippen molar-refractivity contribution in [2.45, 2.75) is 44.4 Å². The van der Waals surface area contributed by atoms with E-state index in [0.717, 1.165) is 47.0 Å². The molecule has 2 fully saturated rings. The molecule has 0 saturated heterocycles. The van der Waals surface area contributed by atoms with Crippen molar-refractivity contribution < 1.29 is 23.8 Å². The molecule has 4 nitrogen and oxygen atoms in total. The fourth-order valence-electron chi connectivity index (χ4n) is 5.02. The summed E-state index contributed by atoms with van der Waals surface area (Å²) in [6.07, 6.45) is 3.98. The van der Waals surface area contributed by atoms with Crippen LogP contribution in [0.2, 0.25) is 0 Å². The largest absolute Gasteiger partial charge is 0.497 e. The highest BCUT2D eigenvalue weighted by Crippen LogP contribution is 2.52. The third kappa shape index (κ3) is 4.27. The number of carbonyl (C=O) groups excluding carboxylic acids is 1. The summed E-state index contributed by atoms with van der Waals surface area (Å²) >= 11 is 0. The molecule has 1 N–H and O–H groups in total. The number of carbonyl (C=O) groups is 2. The maximum Gasteiger partial charge on any atom is 0.315 e.